The molecular weight excluding hydrogens is 178 g/mol. The summed E-state index contributed by atoms with van der Waals surface area (Å²) in [6.45, 7) is 1.91. The molecule has 0 N–H and O–H groups in total. The summed E-state index contributed by atoms with van der Waals surface area (Å²) < 4.78 is 1.69. The highest BCUT2D eigenvalue weighted by atomic mass is 16.1. The lowest BCUT2D eigenvalue weighted by molar-refractivity contribution is 0.112. The minimum absolute atomic E-state index is 0.552. The summed E-state index contributed by atoms with van der Waals surface area (Å²) in [6.07, 6.45) is 5.79. The SMILES string of the molecule is Cc1ccn(-c2cncc(C=O)c2)n1. The van der Waals surface area contributed by atoms with Crippen LogP contribution in [0.2, 0.25) is 0 Å². The topological polar surface area (TPSA) is 47.8 Å². The van der Waals surface area contributed by atoms with Gasteiger partial charge in [-0.15, -0.1) is 0 Å². The average molecular weight is 187 g/mol. The summed E-state index contributed by atoms with van der Waals surface area (Å²) in [4.78, 5) is 14.5. The van der Waals surface area contributed by atoms with E-state index in [9.17, 15) is 4.79 Å². The van der Waals surface area contributed by atoms with Crippen molar-refractivity contribution in [3.8, 4) is 5.69 Å². The number of aldehydes is 1. The largest absolute Gasteiger partial charge is 0.298 e. The summed E-state index contributed by atoms with van der Waals surface area (Å²) in [5.41, 5.74) is 2.28. The summed E-state index contributed by atoms with van der Waals surface area (Å²) in [7, 11) is 0. The highest BCUT2D eigenvalue weighted by Gasteiger charge is 1.99. The molecule has 0 spiro atoms. The summed E-state index contributed by atoms with van der Waals surface area (Å²) >= 11 is 0. The van der Waals surface area contributed by atoms with Crippen LogP contribution >= 0.6 is 0 Å². The van der Waals surface area contributed by atoms with Gasteiger partial charge in [0.1, 0.15) is 0 Å². The van der Waals surface area contributed by atoms with Gasteiger partial charge in [0.05, 0.1) is 17.6 Å². The summed E-state index contributed by atoms with van der Waals surface area (Å²) in [5.74, 6) is 0. The molecule has 0 aliphatic rings. The molecule has 70 valence electrons. The van der Waals surface area contributed by atoms with E-state index in [2.05, 4.69) is 10.1 Å². The van der Waals surface area contributed by atoms with Crippen LogP contribution in [-0.4, -0.2) is 21.1 Å². The van der Waals surface area contributed by atoms with Crippen LogP contribution in [0.25, 0.3) is 5.69 Å². The number of hydrogen-bond donors (Lipinski definition) is 0. The maximum Gasteiger partial charge on any atom is 0.151 e. The Labute approximate surface area is 81.2 Å². The van der Waals surface area contributed by atoms with E-state index in [4.69, 9.17) is 0 Å². The number of rotatable bonds is 2. The Morgan fingerprint density at radius 1 is 1.43 bits per heavy atom. The van der Waals surface area contributed by atoms with Gasteiger partial charge in [-0.05, 0) is 19.1 Å². The standard InChI is InChI=1S/C10H9N3O/c1-8-2-3-13(12-8)10-4-9(7-14)5-11-6-10/h2-7H,1H3. The second-order valence-electron chi connectivity index (χ2n) is 3.00. The third kappa shape index (κ3) is 1.54. The molecule has 0 saturated carbocycles. The van der Waals surface area contributed by atoms with Gasteiger partial charge in [0, 0.05) is 18.0 Å². The minimum Gasteiger partial charge on any atom is -0.298 e. The van der Waals surface area contributed by atoms with Gasteiger partial charge in [0.25, 0.3) is 0 Å². The van der Waals surface area contributed by atoms with Gasteiger partial charge in [-0.2, -0.15) is 5.10 Å². The van der Waals surface area contributed by atoms with Gasteiger partial charge < -0.3 is 0 Å². The van der Waals surface area contributed by atoms with E-state index in [1.54, 1.807) is 16.9 Å². The molecule has 0 saturated heterocycles. The predicted molar refractivity (Wildman–Crippen MR) is 51.5 cm³/mol. The van der Waals surface area contributed by atoms with Crippen molar-refractivity contribution >= 4 is 6.29 Å². The molecule has 4 heteroatoms. The van der Waals surface area contributed by atoms with E-state index < -0.39 is 0 Å². The fourth-order valence-corrected chi connectivity index (χ4v) is 1.19. The van der Waals surface area contributed by atoms with Gasteiger partial charge in [0.2, 0.25) is 0 Å². The zero-order chi connectivity index (χ0) is 9.97. The van der Waals surface area contributed by atoms with Crippen molar-refractivity contribution in [1.82, 2.24) is 14.8 Å². The molecule has 4 nitrogen and oxygen atoms in total. The summed E-state index contributed by atoms with van der Waals surface area (Å²) in [6, 6.07) is 3.64. The molecule has 0 aliphatic carbocycles. The van der Waals surface area contributed by atoms with Crippen LogP contribution in [0, 0.1) is 6.92 Å². The van der Waals surface area contributed by atoms with E-state index in [1.807, 2.05) is 19.2 Å². The Morgan fingerprint density at radius 2 is 2.29 bits per heavy atom. The van der Waals surface area contributed by atoms with Crippen LogP contribution in [0.4, 0.5) is 0 Å². The van der Waals surface area contributed by atoms with Crippen LogP contribution in [0.15, 0.2) is 30.7 Å². The van der Waals surface area contributed by atoms with E-state index >= 15 is 0 Å². The molecule has 0 aliphatic heterocycles. The molecule has 2 rings (SSSR count). The Kier molecular flexibility index (Phi) is 2.10. The van der Waals surface area contributed by atoms with Crippen molar-refractivity contribution in [3.05, 3.63) is 42.0 Å². The van der Waals surface area contributed by atoms with Crippen LogP contribution in [0.5, 0.6) is 0 Å². The molecule has 0 bridgehead atoms. The fraction of sp³-hybridized carbons (Fsp3) is 0.100. The molecular formula is C10H9N3O. The molecule has 14 heavy (non-hydrogen) atoms. The number of pyridine rings is 1. The first kappa shape index (κ1) is 8.62. The molecule has 0 unspecified atom stereocenters. The zero-order valence-electron chi connectivity index (χ0n) is 7.71. The van der Waals surface area contributed by atoms with Crippen LogP contribution in [0.1, 0.15) is 16.1 Å². The first-order valence-corrected chi connectivity index (χ1v) is 4.22. The lowest BCUT2D eigenvalue weighted by atomic mass is 10.3. The van der Waals surface area contributed by atoms with Gasteiger partial charge in [-0.3, -0.25) is 9.78 Å². The Balaban J connectivity index is 2.46. The highest BCUT2D eigenvalue weighted by molar-refractivity contribution is 5.75. The van der Waals surface area contributed by atoms with Crippen molar-refractivity contribution in [3.63, 3.8) is 0 Å². The molecule has 2 aromatic rings. The van der Waals surface area contributed by atoms with Gasteiger partial charge in [-0.1, -0.05) is 0 Å². The Hall–Kier alpha value is -1.97. The molecule has 0 atom stereocenters. The van der Waals surface area contributed by atoms with E-state index in [-0.39, 0.29) is 0 Å². The van der Waals surface area contributed by atoms with E-state index in [1.165, 1.54) is 6.20 Å². The predicted octanol–water partition coefficient (Wildman–Crippen LogP) is 1.39. The van der Waals surface area contributed by atoms with Crippen LogP contribution in [0.3, 0.4) is 0 Å². The molecule has 0 radical (unpaired) electrons. The molecule has 0 fully saturated rings. The first-order valence-electron chi connectivity index (χ1n) is 4.22. The number of carbonyl (C=O) groups is 1. The lowest BCUT2D eigenvalue weighted by Crippen LogP contribution is -1.97. The van der Waals surface area contributed by atoms with E-state index in [0.29, 0.717) is 5.56 Å². The number of nitrogens with zero attached hydrogens (tertiary/aromatic N) is 3. The number of aryl methyl sites for hydroxylation is 1. The van der Waals surface area contributed by atoms with E-state index in [0.717, 1.165) is 17.7 Å². The van der Waals surface area contributed by atoms with Gasteiger partial charge >= 0.3 is 0 Å². The van der Waals surface area contributed by atoms with Crippen molar-refractivity contribution in [2.45, 2.75) is 6.92 Å². The Bertz CT molecular complexity index is 462. The Morgan fingerprint density at radius 3 is 2.93 bits per heavy atom. The van der Waals surface area contributed by atoms with Gasteiger partial charge in [-0.25, -0.2) is 4.68 Å². The monoisotopic (exact) mass is 187 g/mol. The lowest BCUT2D eigenvalue weighted by Gasteiger charge is -2.00. The zero-order valence-corrected chi connectivity index (χ0v) is 7.71. The minimum atomic E-state index is 0.552. The fourth-order valence-electron chi connectivity index (χ4n) is 1.19. The molecule has 0 aromatic carbocycles. The van der Waals surface area contributed by atoms with Crippen molar-refractivity contribution in [2.75, 3.05) is 0 Å². The smallest absolute Gasteiger partial charge is 0.151 e. The third-order valence-corrected chi connectivity index (χ3v) is 1.87. The number of hydrogen-bond acceptors (Lipinski definition) is 3. The highest BCUT2D eigenvalue weighted by Crippen LogP contribution is 2.06. The van der Waals surface area contributed by atoms with Crippen molar-refractivity contribution in [2.24, 2.45) is 0 Å². The molecule has 2 heterocycles. The van der Waals surface area contributed by atoms with Crippen LogP contribution in [-0.2, 0) is 0 Å². The third-order valence-electron chi connectivity index (χ3n) is 1.87. The molecule has 0 amide bonds. The quantitative estimate of drug-likeness (QED) is 0.667. The maximum atomic E-state index is 10.5. The summed E-state index contributed by atoms with van der Waals surface area (Å²) in [5, 5.41) is 4.22. The molecule has 2 aromatic heterocycles. The second-order valence-corrected chi connectivity index (χ2v) is 3.00. The number of carbonyl (C=O) groups excluding carboxylic acids is 1. The normalized spacial score (nSPS) is 10.1. The average Bonchev–Trinajstić information content (AvgIpc) is 2.65. The number of aromatic nitrogens is 3. The van der Waals surface area contributed by atoms with Crippen molar-refractivity contribution < 1.29 is 4.79 Å². The van der Waals surface area contributed by atoms with Gasteiger partial charge in [0.15, 0.2) is 6.29 Å². The van der Waals surface area contributed by atoms with Crippen molar-refractivity contribution in [1.29, 1.82) is 0 Å². The van der Waals surface area contributed by atoms with Crippen LogP contribution < -0.4 is 0 Å². The first-order chi connectivity index (χ1) is 6.79. The maximum absolute atomic E-state index is 10.5. The second kappa shape index (κ2) is 3.41.